The molecule has 2 amide bonds. The predicted molar refractivity (Wildman–Crippen MR) is 97.0 cm³/mol. The molecule has 0 spiro atoms. The van der Waals surface area contributed by atoms with Gasteiger partial charge in [-0.1, -0.05) is 46.9 Å². The number of hydrogen-bond donors (Lipinski definition) is 2. The molecule has 2 aromatic rings. The van der Waals surface area contributed by atoms with Crippen molar-refractivity contribution in [2.24, 2.45) is 0 Å². The molecule has 0 unspecified atom stereocenters. The van der Waals surface area contributed by atoms with E-state index in [0.29, 0.717) is 28.6 Å². The van der Waals surface area contributed by atoms with Gasteiger partial charge in [0.1, 0.15) is 0 Å². The van der Waals surface area contributed by atoms with E-state index in [-0.39, 0.29) is 17.5 Å². The van der Waals surface area contributed by atoms with Crippen LogP contribution in [0.3, 0.4) is 0 Å². The molecule has 0 aliphatic heterocycles. The maximum absolute atomic E-state index is 11.9. The number of halogens is 3. The van der Waals surface area contributed by atoms with Gasteiger partial charge >= 0.3 is 0 Å². The minimum atomic E-state index is -0.390. The number of carbonyl (C=O) groups is 2. The standard InChI is InChI=1S/C17H15Cl3N2O2/c18-13-3-1-2-11(8-13)6-7-21-16(23)10-22-17(24)12-4-5-14(19)15(20)9-12/h1-5,8-9H,6-7,10H2,(H,21,23)(H,22,24). The van der Waals surface area contributed by atoms with Gasteiger partial charge in [0.15, 0.2) is 0 Å². The molecular weight excluding hydrogens is 371 g/mol. The first-order valence-electron chi connectivity index (χ1n) is 7.20. The average Bonchev–Trinajstić information content (AvgIpc) is 2.55. The lowest BCUT2D eigenvalue weighted by molar-refractivity contribution is -0.120. The monoisotopic (exact) mass is 384 g/mol. The number of carbonyl (C=O) groups excluding carboxylic acids is 2. The van der Waals surface area contributed by atoms with Gasteiger partial charge in [-0.2, -0.15) is 0 Å². The Morgan fingerprint density at radius 1 is 0.917 bits per heavy atom. The third-order valence-electron chi connectivity index (χ3n) is 3.22. The van der Waals surface area contributed by atoms with Gasteiger partial charge in [0.2, 0.25) is 5.91 Å². The van der Waals surface area contributed by atoms with Crippen molar-refractivity contribution in [3.63, 3.8) is 0 Å². The van der Waals surface area contributed by atoms with Crippen molar-refractivity contribution < 1.29 is 9.59 Å². The first-order chi connectivity index (χ1) is 11.5. The summed E-state index contributed by atoms with van der Waals surface area (Å²) in [6, 6.07) is 12.0. The van der Waals surface area contributed by atoms with E-state index in [4.69, 9.17) is 34.8 Å². The van der Waals surface area contributed by atoms with Gasteiger partial charge in [-0.3, -0.25) is 9.59 Å². The Hall–Kier alpha value is -1.75. The van der Waals surface area contributed by atoms with E-state index in [1.165, 1.54) is 12.1 Å². The van der Waals surface area contributed by atoms with Crippen LogP contribution in [0.15, 0.2) is 42.5 Å². The van der Waals surface area contributed by atoms with Crippen LogP contribution in [0.1, 0.15) is 15.9 Å². The Kier molecular flexibility index (Phi) is 6.91. The van der Waals surface area contributed by atoms with Crippen molar-refractivity contribution in [3.05, 3.63) is 68.7 Å². The summed E-state index contributed by atoms with van der Waals surface area (Å²) >= 11 is 17.5. The van der Waals surface area contributed by atoms with Crippen LogP contribution in [0.4, 0.5) is 0 Å². The number of rotatable bonds is 6. The molecule has 0 aromatic heterocycles. The van der Waals surface area contributed by atoms with Gasteiger partial charge in [0.25, 0.3) is 5.91 Å². The van der Waals surface area contributed by atoms with Gasteiger partial charge in [-0.25, -0.2) is 0 Å². The zero-order valence-electron chi connectivity index (χ0n) is 12.6. The Labute approximate surface area is 155 Å². The molecule has 0 saturated carbocycles. The molecule has 0 saturated heterocycles. The molecule has 4 nitrogen and oxygen atoms in total. The van der Waals surface area contributed by atoms with Gasteiger partial charge in [-0.05, 0) is 42.3 Å². The molecule has 2 aromatic carbocycles. The van der Waals surface area contributed by atoms with E-state index in [1.54, 1.807) is 12.1 Å². The Morgan fingerprint density at radius 2 is 1.71 bits per heavy atom. The van der Waals surface area contributed by atoms with Crippen molar-refractivity contribution in [1.82, 2.24) is 10.6 Å². The van der Waals surface area contributed by atoms with E-state index in [9.17, 15) is 9.59 Å². The summed E-state index contributed by atoms with van der Waals surface area (Å²) in [5, 5.41) is 6.58. The van der Waals surface area contributed by atoms with Crippen molar-refractivity contribution in [1.29, 1.82) is 0 Å². The fourth-order valence-electron chi connectivity index (χ4n) is 2.00. The Morgan fingerprint density at radius 3 is 2.42 bits per heavy atom. The molecule has 0 bridgehead atoms. The quantitative estimate of drug-likeness (QED) is 0.796. The predicted octanol–water partition coefficient (Wildman–Crippen LogP) is 3.74. The van der Waals surface area contributed by atoms with E-state index in [2.05, 4.69) is 10.6 Å². The largest absolute Gasteiger partial charge is 0.354 e. The molecule has 2 N–H and O–H groups in total. The second-order valence-corrected chi connectivity index (χ2v) is 6.29. The van der Waals surface area contributed by atoms with Crippen molar-refractivity contribution in [2.45, 2.75) is 6.42 Å². The lowest BCUT2D eigenvalue weighted by atomic mass is 10.1. The van der Waals surface area contributed by atoms with E-state index in [0.717, 1.165) is 5.56 Å². The van der Waals surface area contributed by atoms with Gasteiger partial charge in [0.05, 0.1) is 16.6 Å². The van der Waals surface area contributed by atoms with Gasteiger partial charge in [0, 0.05) is 17.1 Å². The fourth-order valence-corrected chi connectivity index (χ4v) is 2.51. The van der Waals surface area contributed by atoms with Crippen LogP contribution < -0.4 is 10.6 Å². The highest BCUT2D eigenvalue weighted by molar-refractivity contribution is 6.42. The molecule has 24 heavy (non-hydrogen) atoms. The summed E-state index contributed by atoms with van der Waals surface area (Å²) < 4.78 is 0. The summed E-state index contributed by atoms with van der Waals surface area (Å²) in [6.07, 6.45) is 0.660. The summed E-state index contributed by atoms with van der Waals surface area (Å²) in [5.41, 5.74) is 1.37. The highest BCUT2D eigenvalue weighted by Gasteiger charge is 2.09. The lowest BCUT2D eigenvalue weighted by Gasteiger charge is -2.08. The van der Waals surface area contributed by atoms with E-state index < -0.39 is 5.91 Å². The van der Waals surface area contributed by atoms with Crippen LogP contribution in [0.2, 0.25) is 15.1 Å². The van der Waals surface area contributed by atoms with Crippen molar-refractivity contribution in [2.75, 3.05) is 13.1 Å². The minimum absolute atomic E-state index is 0.116. The van der Waals surface area contributed by atoms with Gasteiger partial charge < -0.3 is 10.6 Å². The summed E-state index contributed by atoms with van der Waals surface area (Å²) in [5.74, 6) is -0.663. The second kappa shape index (κ2) is 8.92. The van der Waals surface area contributed by atoms with Crippen LogP contribution in [0.25, 0.3) is 0 Å². The summed E-state index contributed by atoms with van der Waals surface area (Å²) in [4.78, 5) is 23.7. The number of nitrogens with one attached hydrogen (secondary N) is 2. The van der Waals surface area contributed by atoms with Crippen LogP contribution in [0, 0.1) is 0 Å². The normalized spacial score (nSPS) is 10.3. The Bertz CT molecular complexity index is 750. The van der Waals surface area contributed by atoms with Gasteiger partial charge in [-0.15, -0.1) is 0 Å². The molecule has 0 heterocycles. The molecule has 0 aliphatic carbocycles. The molecule has 0 radical (unpaired) electrons. The minimum Gasteiger partial charge on any atom is -0.354 e. The van der Waals surface area contributed by atoms with Crippen LogP contribution in [0.5, 0.6) is 0 Å². The molecule has 126 valence electrons. The lowest BCUT2D eigenvalue weighted by Crippen LogP contribution is -2.37. The first-order valence-corrected chi connectivity index (χ1v) is 8.33. The third kappa shape index (κ3) is 5.71. The van der Waals surface area contributed by atoms with E-state index in [1.807, 2.05) is 18.2 Å². The summed E-state index contributed by atoms with van der Waals surface area (Å²) in [6.45, 7) is 0.344. The first kappa shape index (κ1) is 18.6. The van der Waals surface area contributed by atoms with E-state index >= 15 is 0 Å². The van der Waals surface area contributed by atoms with Crippen LogP contribution in [-0.2, 0) is 11.2 Å². The number of hydrogen-bond acceptors (Lipinski definition) is 2. The molecule has 0 atom stereocenters. The highest BCUT2D eigenvalue weighted by Crippen LogP contribution is 2.22. The van der Waals surface area contributed by atoms with Crippen LogP contribution in [-0.4, -0.2) is 24.9 Å². The second-order valence-electron chi connectivity index (χ2n) is 5.04. The highest BCUT2D eigenvalue weighted by atomic mass is 35.5. The molecular formula is C17H15Cl3N2O2. The van der Waals surface area contributed by atoms with Crippen molar-refractivity contribution in [3.8, 4) is 0 Å². The zero-order valence-corrected chi connectivity index (χ0v) is 14.9. The number of amides is 2. The molecule has 2 rings (SSSR count). The van der Waals surface area contributed by atoms with Crippen molar-refractivity contribution >= 4 is 46.6 Å². The number of benzene rings is 2. The zero-order chi connectivity index (χ0) is 17.5. The maximum Gasteiger partial charge on any atom is 0.251 e. The maximum atomic E-state index is 11.9. The average molecular weight is 386 g/mol. The Balaban J connectivity index is 1.74. The summed E-state index contributed by atoms with van der Waals surface area (Å²) in [7, 11) is 0. The molecule has 0 fully saturated rings. The third-order valence-corrected chi connectivity index (χ3v) is 4.19. The fraction of sp³-hybridized carbons (Fsp3) is 0.176. The SMILES string of the molecule is O=C(CNC(=O)c1ccc(Cl)c(Cl)c1)NCCc1cccc(Cl)c1. The van der Waals surface area contributed by atoms with Crippen LogP contribution >= 0.6 is 34.8 Å². The topological polar surface area (TPSA) is 58.2 Å². The smallest absolute Gasteiger partial charge is 0.251 e. The molecule has 0 aliphatic rings. The molecule has 7 heteroatoms.